The zero-order chi connectivity index (χ0) is 24.1. The number of ether oxygens (including phenoxy) is 1. The zero-order valence-corrected chi connectivity index (χ0v) is 19.4. The summed E-state index contributed by atoms with van der Waals surface area (Å²) >= 11 is 11.9. The van der Waals surface area contributed by atoms with Crippen LogP contribution in [0.15, 0.2) is 65.3 Å². The van der Waals surface area contributed by atoms with E-state index in [4.69, 9.17) is 32.4 Å². The number of anilines is 2. The Kier molecular flexibility index (Phi) is 7.40. The first-order chi connectivity index (χ1) is 16.4. The van der Waals surface area contributed by atoms with Crippen LogP contribution >= 0.6 is 23.2 Å². The van der Waals surface area contributed by atoms with Gasteiger partial charge >= 0.3 is 0 Å². The summed E-state index contributed by atoms with van der Waals surface area (Å²) in [6, 6.07) is 15.0. The molecular formula is C24H21Cl2N3O5. The smallest absolute Gasteiger partial charge is 0.262 e. The van der Waals surface area contributed by atoms with Gasteiger partial charge in [0, 0.05) is 34.4 Å². The van der Waals surface area contributed by atoms with Crippen LogP contribution in [0.5, 0.6) is 5.75 Å². The Balaban J connectivity index is 1.27. The van der Waals surface area contributed by atoms with Crippen LogP contribution in [0.1, 0.15) is 12.2 Å². The molecule has 8 nitrogen and oxygen atoms in total. The fraction of sp³-hybridized carbons (Fsp3) is 0.208. The normalized spacial score (nSPS) is 15.3. The highest BCUT2D eigenvalue weighted by Gasteiger charge is 2.35. The molecule has 0 unspecified atom stereocenters. The van der Waals surface area contributed by atoms with Crippen molar-refractivity contribution in [3.63, 3.8) is 0 Å². The molecule has 1 saturated heterocycles. The van der Waals surface area contributed by atoms with Crippen molar-refractivity contribution in [2.75, 3.05) is 23.4 Å². The van der Waals surface area contributed by atoms with E-state index in [9.17, 15) is 14.4 Å². The first-order valence-electron chi connectivity index (χ1n) is 10.5. The van der Waals surface area contributed by atoms with E-state index >= 15 is 0 Å². The summed E-state index contributed by atoms with van der Waals surface area (Å²) in [6.45, 7) is 0.345. The van der Waals surface area contributed by atoms with Crippen molar-refractivity contribution in [3.05, 3.63) is 76.7 Å². The second-order valence-corrected chi connectivity index (χ2v) is 8.56. The van der Waals surface area contributed by atoms with Crippen LogP contribution in [0, 0.1) is 5.92 Å². The van der Waals surface area contributed by atoms with Crippen molar-refractivity contribution in [3.8, 4) is 5.75 Å². The number of benzene rings is 2. The molecule has 0 aliphatic carbocycles. The van der Waals surface area contributed by atoms with Gasteiger partial charge in [-0.05, 0) is 54.6 Å². The van der Waals surface area contributed by atoms with E-state index in [2.05, 4.69) is 10.6 Å². The average molecular weight is 502 g/mol. The molecular weight excluding hydrogens is 481 g/mol. The molecule has 34 heavy (non-hydrogen) atoms. The van der Waals surface area contributed by atoms with Crippen LogP contribution in [0.25, 0.3) is 0 Å². The molecule has 2 aromatic carbocycles. The minimum Gasteiger partial charge on any atom is -0.484 e. The largest absolute Gasteiger partial charge is 0.484 e. The molecule has 1 aromatic heterocycles. The van der Waals surface area contributed by atoms with Gasteiger partial charge in [-0.25, -0.2) is 0 Å². The van der Waals surface area contributed by atoms with Gasteiger partial charge < -0.3 is 24.7 Å². The van der Waals surface area contributed by atoms with Crippen LogP contribution in [0.3, 0.4) is 0 Å². The molecule has 1 fully saturated rings. The molecule has 176 valence electrons. The van der Waals surface area contributed by atoms with Crippen LogP contribution in [-0.2, 0) is 20.9 Å². The average Bonchev–Trinajstić information content (AvgIpc) is 3.45. The number of halogens is 2. The van der Waals surface area contributed by atoms with E-state index < -0.39 is 5.92 Å². The Morgan fingerprint density at radius 2 is 1.82 bits per heavy atom. The highest BCUT2D eigenvalue weighted by atomic mass is 35.5. The fourth-order valence-electron chi connectivity index (χ4n) is 3.56. The molecule has 10 heteroatoms. The van der Waals surface area contributed by atoms with Gasteiger partial charge in [0.15, 0.2) is 6.61 Å². The van der Waals surface area contributed by atoms with Crippen LogP contribution < -0.4 is 20.3 Å². The molecule has 0 radical (unpaired) electrons. The summed E-state index contributed by atoms with van der Waals surface area (Å²) in [7, 11) is 0. The maximum Gasteiger partial charge on any atom is 0.262 e. The monoisotopic (exact) mass is 501 g/mol. The van der Waals surface area contributed by atoms with E-state index in [-0.39, 0.29) is 43.8 Å². The predicted octanol–water partition coefficient (Wildman–Crippen LogP) is 4.27. The lowest BCUT2D eigenvalue weighted by Crippen LogP contribution is -2.32. The Morgan fingerprint density at radius 1 is 1.09 bits per heavy atom. The van der Waals surface area contributed by atoms with Crippen molar-refractivity contribution in [1.82, 2.24) is 5.32 Å². The molecule has 2 N–H and O–H groups in total. The van der Waals surface area contributed by atoms with Gasteiger partial charge in [0.1, 0.15) is 11.5 Å². The number of nitrogens with zero attached hydrogens (tertiary/aromatic N) is 1. The van der Waals surface area contributed by atoms with Gasteiger partial charge in [0.25, 0.3) is 5.91 Å². The summed E-state index contributed by atoms with van der Waals surface area (Å²) in [5.41, 5.74) is 1.12. The summed E-state index contributed by atoms with van der Waals surface area (Å²) in [4.78, 5) is 38.6. The van der Waals surface area contributed by atoms with E-state index in [1.54, 1.807) is 59.5 Å². The van der Waals surface area contributed by atoms with E-state index in [1.807, 2.05) is 0 Å². The van der Waals surface area contributed by atoms with E-state index in [1.165, 1.54) is 6.26 Å². The van der Waals surface area contributed by atoms with Crippen molar-refractivity contribution >= 4 is 52.3 Å². The molecule has 1 aliphatic rings. The predicted molar refractivity (Wildman–Crippen MR) is 128 cm³/mol. The number of hydrogen-bond donors (Lipinski definition) is 2. The Labute approximate surface area is 205 Å². The number of hydrogen-bond acceptors (Lipinski definition) is 5. The molecule has 1 aliphatic heterocycles. The van der Waals surface area contributed by atoms with Crippen LogP contribution in [0.4, 0.5) is 11.4 Å². The maximum absolute atomic E-state index is 12.5. The van der Waals surface area contributed by atoms with E-state index in [0.29, 0.717) is 32.9 Å². The third-order valence-corrected chi connectivity index (χ3v) is 5.61. The van der Waals surface area contributed by atoms with Gasteiger partial charge in [0.2, 0.25) is 11.8 Å². The van der Waals surface area contributed by atoms with Crippen LogP contribution in [-0.4, -0.2) is 30.9 Å². The third kappa shape index (κ3) is 6.09. The highest BCUT2D eigenvalue weighted by molar-refractivity contribution is 6.35. The van der Waals surface area contributed by atoms with Gasteiger partial charge in [-0.15, -0.1) is 0 Å². The lowest BCUT2D eigenvalue weighted by molar-refractivity contribution is -0.126. The Bertz CT molecular complexity index is 1160. The van der Waals surface area contributed by atoms with Gasteiger partial charge in [-0.1, -0.05) is 23.2 Å². The SMILES string of the molecule is O=C(COc1ccc(N2C[C@H](C(=O)NCc3ccco3)CC2=O)cc1)Nc1cc(Cl)cc(Cl)c1. The number of carbonyl (C=O) groups excluding carboxylic acids is 3. The topological polar surface area (TPSA) is 101 Å². The Morgan fingerprint density at radius 3 is 2.50 bits per heavy atom. The molecule has 1 atom stereocenters. The Hall–Kier alpha value is -3.49. The first-order valence-corrected chi connectivity index (χ1v) is 11.2. The van der Waals surface area contributed by atoms with Crippen molar-refractivity contribution in [1.29, 1.82) is 0 Å². The minimum atomic E-state index is -0.443. The quantitative estimate of drug-likeness (QED) is 0.479. The molecule has 3 aromatic rings. The summed E-state index contributed by atoms with van der Waals surface area (Å²) in [5.74, 6) is -0.0363. The summed E-state index contributed by atoms with van der Waals surface area (Å²) in [6.07, 6.45) is 1.67. The van der Waals surface area contributed by atoms with Gasteiger partial charge in [-0.3, -0.25) is 14.4 Å². The minimum absolute atomic E-state index is 0.133. The molecule has 0 saturated carbocycles. The fourth-order valence-corrected chi connectivity index (χ4v) is 4.08. The first kappa shape index (κ1) is 23.7. The lowest BCUT2D eigenvalue weighted by Gasteiger charge is -2.17. The van der Waals surface area contributed by atoms with Crippen molar-refractivity contribution in [2.45, 2.75) is 13.0 Å². The second-order valence-electron chi connectivity index (χ2n) is 7.69. The number of rotatable bonds is 8. The van der Waals surface area contributed by atoms with Gasteiger partial charge in [0.05, 0.1) is 18.7 Å². The number of carbonyl (C=O) groups is 3. The van der Waals surface area contributed by atoms with E-state index in [0.717, 1.165) is 0 Å². The third-order valence-electron chi connectivity index (χ3n) is 5.18. The second kappa shape index (κ2) is 10.6. The van der Waals surface area contributed by atoms with Crippen molar-refractivity contribution in [2.24, 2.45) is 5.92 Å². The van der Waals surface area contributed by atoms with Gasteiger partial charge in [-0.2, -0.15) is 0 Å². The standard InChI is InChI=1S/C24H21Cl2N3O5/c25-16-9-17(26)11-18(10-16)28-22(30)14-34-20-5-3-19(4-6-20)29-13-15(8-23(29)31)24(32)27-12-21-2-1-7-33-21/h1-7,9-11,15H,8,12-14H2,(H,27,32)(H,28,30)/t15-/m1/s1. The number of furan rings is 1. The summed E-state index contributed by atoms with van der Waals surface area (Å²) < 4.78 is 10.7. The van der Waals surface area contributed by atoms with Crippen LogP contribution in [0.2, 0.25) is 10.0 Å². The molecule has 3 amide bonds. The zero-order valence-electron chi connectivity index (χ0n) is 17.9. The molecule has 2 heterocycles. The molecule has 4 rings (SSSR count). The number of nitrogens with one attached hydrogen (secondary N) is 2. The van der Waals surface area contributed by atoms with Crippen molar-refractivity contribution < 1.29 is 23.5 Å². The highest BCUT2D eigenvalue weighted by Crippen LogP contribution is 2.27. The number of amides is 3. The molecule has 0 spiro atoms. The maximum atomic E-state index is 12.5. The lowest BCUT2D eigenvalue weighted by atomic mass is 10.1. The molecule has 0 bridgehead atoms. The summed E-state index contributed by atoms with van der Waals surface area (Å²) in [5, 5.41) is 6.28.